The second kappa shape index (κ2) is 6.49. The summed E-state index contributed by atoms with van der Waals surface area (Å²) in [5.41, 5.74) is 1.87. The van der Waals surface area contributed by atoms with E-state index < -0.39 is 0 Å². The third kappa shape index (κ3) is 3.88. The van der Waals surface area contributed by atoms with Gasteiger partial charge in [0.25, 0.3) is 0 Å². The van der Waals surface area contributed by atoms with Gasteiger partial charge >= 0.3 is 0 Å². The molecule has 1 saturated heterocycles. The van der Waals surface area contributed by atoms with Crippen LogP contribution in [0.4, 0.5) is 5.69 Å². The van der Waals surface area contributed by atoms with Crippen molar-refractivity contribution in [1.29, 1.82) is 0 Å². The molecule has 0 aliphatic carbocycles. The first-order chi connectivity index (χ1) is 10.3. The van der Waals surface area contributed by atoms with Gasteiger partial charge in [0, 0.05) is 31.1 Å². The van der Waals surface area contributed by atoms with E-state index in [0.717, 1.165) is 30.6 Å². The molecule has 3 rings (SSSR count). The van der Waals surface area contributed by atoms with Gasteiger partial charge in [-0.2, -0.15) is 5.10 Å². The van der Waals surface area contributed by atoms with E-state index in [-0.39, 0.29) is 5.91 Å². The monoisotopic (exact) mass is 285 g/mol. The van der Waals surface area contributed by atoms with E-state index in [1.165, 1.54) is 0 Å². The minimum atomic E-state index is 0.0397. The molecule has 0 aromatic carbocycles. The molecule has 1 aliphatic rings. The van der Waals surface area contributed by atoms with E-state index in [1.807, 2.05) is 18.3 Å². The molecule has 0 saturated carbocycles. The summed E-state index contributed by atoms with van der Waals surface area (Å²) in [6, 6.07) is 4.22. The van der Waals surface area contributed by atoms with Crippen molar-refractivity contribution < 1.29 is 4.79 Å². The summed E-state index contributed by atoms with van der Waals surface area (Å²) in [7, 11) is 0. The Morgan fingerprint density at radius 1 is 1.43 bits per heavy atom. The van der Waals surface area contributed by atoms with Gasteiger partial charge < -0.3 is 10.6 Å². The SMILES string of the molecule is O=C(CC1CCCN1)Nc1cnn(Cc2ccncc2)c1. The van der Waals surface area contributed by atoms with Crippen LogP contribution in [0.3, 0.4) is 0 Å². The van der Waals surface area contributed by atoms with Gasteiger partial charge in [0.05, 0.1) is 18.4 Å². The van der Waals surface area contributed by atoms with Gasteiger partial charge in [0.2, 0.25) is 5.91 Å². The Balaban J connectivity index is 1.53. The van der Waals surface area contributed by atoms with Crippen molar-refractivity contribution in [2.24, 2.45) is 0 Å². The zero-order valence-electron chi connectivity index (χ0n) is 11.8. The van der Waals surface area contributed by atoms with E-state index in [4.69, 9.17) is 0 Å². The average molecular weight is 285 g/mol. The Hall–Kier alpha value is -2.21. The molecule has 1 aliphatic heterocycles. The molecule has 1 amide bonds. The van der Waals surface area contributed by atoms with Crippen LogP contribution in [0.25, 0.3) is 0 Å². The molecule has 2 aromatic heterocycles. The van der Waals surface area contributed by atoms with Gasteiger partial charge in [0.1, 0.15) is 0 Å². The first-order valence-electron chi connectivity index (χ1n) is 7.24. The van der Waals surface area contributed by atoms with Gasteiger partial charge in [-0.15, -0.1) is 0 Å². The van der Waals surface area contributed by atoms with Crippen LogP contribution in [0.1, 0.15) is 24.8 Å². The lowest BCUT2D eigenvalue weighted by Gasteiger charge is -2.09. The maximum atomic E-state index is 11.9. The van der Waals surface area contributed by atoms with Crippen molar-refractivity contribution in [2.45, 2.75) is 31.8 Å². The number of carbonyl (C=O) groups excluding carboxylic acids is 1. The fraction of sp³-hybridized carbons (Fsp3) is 0.400. The zero-order valence-corrected chi connectivity index (χ0v) is 11.8. The highest BCUT2D eigenvalue weighted by Gasteiger charge is 2.17. The number of anilines is 1. The molecular formula is C15H19N5O. The molecule has 110 valence electrons. The number of amides is 1. The van der Waals surface area contributed by atoms with Crippen molar-refractivity contribution in [1.82, 2.24) is 20.1 Å². The average Bonchev–Trinajstić information content (AvgIpc) is 3.12. The summed E-state index contributed by atoms with van der Waals surface area (Å²) >= 11 is 0. The largest absolute Gasteiger partial charge is 0.323 e. The molecule has 2 aromatic rings. The first kappa shape index (κ1) is 13.8. The first-order valence-corrected chi connectivity index (χ1v) is 7.24. The van der Waals surface area contributed by atoms with Gasteiger partial charge in [-0.3, -0.25) is 14.5 Å². The number of nitrogens with zero attached hydrogens (tertiary/aromatic N) is 3. The molecule has 1 atom stereocenters. The van der Waals surface area contributed by atoms with Gasteiger partial charge in [-0.1, -0.05) is 0 Å². The van der Waals surface area contributed by atoms with Crippen LogP contribution in [0.5, 0.6) is 0 Å². The van der Waals surface area contributed by atoms with Crippen LogP contribution in [0.2, 0.25) is 0 Å². The lowest BCUT2D eigenvalue weighted by atomic mass is 10.1. The lowest BCUT2D eigenvalue weighted by Crippen LogP contribution is -2.27. The Morgan fingerprint density at radius 2 is 2.29 bits per heavy atom. The van der Waals surface area contributed by atoms with Crippen molar-refractivity contribution in [3.05, 3.63) is 42.5 Å². The van der Waals surface area contributed by atoms with Gasteiger partial charge in [-0.25, -0.2) is 0 Å². The standard InChI is InChI=1S/C15H19N5O/c21-15(8-13-2-1-5-17-13)19-14-9-18-20(11-14)10-12-3-6-16-7-4-12/h3-4,6-7,9,11,13,17H,1-2,5,8,10H2,(H,19,21). The second-order valence-electron chi connectivity index (χ2n) is 5.33. The minimum absolute atomic E-state index is 0.0397. The molecule has 1 unspecified atom stereocenters. The quantitative estimate of drug-likeness (QED) is 0.871. The summed E-state index contributed by atoms with van der Waals surface area (Å²) in [5.74, 6) is 0.0397. The van der Waals surface area contributed by atoms with Crippen LogP contribution in [0.15, 0.2) is 36.9 Å². The number of nitrogens with one attached hydrogen (secondary N) is 2. The molecular weight excluding hydrogens is 266 g/mol. The van der Waals surface area contributed by atoms with Gasteiger partial charge in [0.15, 0.2) is 0 Å². The van der Waals surface area contributed by atoms with E-state index in [0.29, 0.717) is 19.0 Å². The molecule has 0 radical (unpaired) electrons. The highest BCUT2D eigenvalue weighted by Crippen LogP contribution is 2.12. The summed E-state index contributed by atoms with van der Waals surface area (Å²) in [5, 5.41) is 10.5. The lowest BCUT2D eigenvalue weighted by molar-refractivity contribution is -0.116. The predicted molar refractivity (Wildman–Crippen MR) is 79.8 cm³/mol. The van der Waals surface area contributed by atoms with Crippen LogP contribution in [0, 0.1) is 0 Å². The van der Waals surface area contributed by atoms with Crippen molar-refractivity contribution in [3.8, 4) is 0 Å². The zero-order chi connectivity index (χ0) is 14.5. The molecule has 21 heavy (non-hydrogen) atoms. The van der Waals surface area contributed by atoms with E-state index in [1.54, 1.807) is 23.3 Å². The Bertz CT molecular complexity index is 589. The molecule has 2 N–H and O–H groups in total. The van der Waals surface area contributed by atoms with Crippen LogP contribution in [-0.4, -0.2) is 33.3 Å². The maximum Gasteiger partial charge on any atom is 0.226 e. The van der Waals surface area contributed by atoms with E-state index in [9.17, 15) is 4.79 Å². The summed E-state index contributed by atoms with van der Waals surface area (Å²) in [6.07, 6.45) is 9.81. The fourth-order valence-corrected chi connectivity index (χ4v) is 2.56. The summed E-state index contributed by atoms with van der Waals surface area (Å²) in [6.45, 7) is 1.68. The number of hydrogen-bond donors (Lipinski definition) is 2. The Kier molecular flexibility index (Phi) is 4.25. The minimum Gasteiger partial charge on any atom is -0.323 e. The maximum absolute atomic E-state index is 11.9. The van der Waals surface area contributed by atoms with E-state index in [2.05, 4.69) is 20.7 Å². The van der Waals surface area contributed by atoms with E-state index >= 15 is 0 Å². The van der Waals surface area contributed by atoms with Gasteiger partial charge in [-0.05, 0) is 37.1 Å². The molecule has 3 heterocycles. The molecule has 0 spiro atoms. The highest BCUT2D eigenvalue weighted by atomic mass is 16.1. The van der Waals surface area contributed by atoms with Crippen molar-refractivity contribution >= 4 is 11.6 Å². The molecule has 0 bridgehead atoms. The normalized spacial score (nSPS) is 17.8. The van der Waals surface area contributed by atoms with Crippen molar-refractivity contribution in [2.75, 3.05) is 11.9 Å². The third-order valence-corrected chi connectivity index (χ3v) is 3.61. The topological polar surface area (TPSA) is 71.8 Å². The smallest absolute Gasteiger partial charge is 0.226 e. The number of rotatable bonds is 5. The highest BCUT2D eigenvalue weighted by molar-refractivity contribution is 5.90. The summed E-state index contributed by atoms with van der Waals surface area (Å²) in [4.78, 5) is 15.9. The Morgan fingerprint density at radius 3 is 3.05 bits per heavy atom. The number of pyridine rings is 1. The molecule has 6 heteroatoms. The predicted octanol–water partition coefficient (Wildman–Crippen LogP) is 1.41. The van der Waals surface area contributed by atoms with Crippen LogP contribution >= 0.6 is 0 Å². The second-order valence-corrected chi connectivity index (χ2v) is 5.33. The summed E-state index contributed by atoms with van der Waals surface area (Å²) < 4.78 is 1.80. The van der Waals surface area contributed by atoms with Crippen molar-refractivity contribution in [3.63, 3.8) is 0 Å². The number of aromatic nitrogens is 3. The number of hydrogen-bond acceptors (Lipinski definition) is 4. The Labute approximate surface area is 123 Å². The molecule has 1 fully saturated rings. The van der Waals surface area contributed by atoms with Crippen LogP contribution in [-0.2, 0) is 11.3 Å². The third-order valence-electron chi connectivity index (χ3n) is 3.61. The molecule has 6 nitrogen and oxygen atoms in total. The fourth-order valence-electron chi connectivity index (χ4n) is 2.56. The number of carbonyl (C=O) groups is 1. The van der Waals surface area contributed by atoms with Crippen LogP contribution < -0.4 is 10.6 Å².